The van der Waals surface area contributed by atoms with Crippen molar-refractivity contribution in [2.45, 2.75) is 18.6 Å². The monoisotopic (exact) mass is 546 g/mol. The molecule has 198 valence electrons. The van der Waals surface area contributed by atoms with Gasteiger partial charge in [-0.2, -0.15) is 13.2 Å². The van der Waals surface area contributed by atoms with Gasteiger partial charge in [0.15, 0.2) is 0 Å². The number of ether oxygens (including phenoxy) is 1. The Balaban J connectivity index is 0.000000505. The van der Waals surface area contributed by atoms with E-state index in [0.29, 0.717) is 16.3 Å². The van der Waals surface area contributed by atoms with E-state index in [0.717, 1.165) is 16.1 Å². The van der Waals surface area contributed by atoms with Gasteiger partial charge in [0.05, 0.1) is 19.1 Å². The van der Waals surface area contributed by atoms with Crippen LogP contribution in [0.2, 0.25) is 0 Å². The molecule has 2 aromatic carbocycles. The van der Waals surface area contributed by atoms with Crippen LogP contribution >= 0.6 is 11.3 Å². The van der Waals surface area contributed by atoms with Gasteiger partial charge in [-0.15, -0.1) is 11.3 Å². The summed E-state index contributed by atoms with van der Waals surface area (Å²) >= 11 is 1.29. The Kier molecular flexibility index (Phi) is 9.33. The highest BCUT2D eigenvalue weighted by molar-refractivity contribution is 7.17. The molecule has 13 heteroatoms. The van der Waals surface area contributed by atoms with Crippen LogP contribution in [0.1, 0.15) is 15.4 Å². The Bertz CT molecular complexity index is 1360. The zero-order chi connectivity index (χ0) is 27.7. The molecule has 0 spiro atoms. The van der Waals surface area contributed by atoms with E-state index in [9.17, 15) is 22.8 Å². The van der Waals surface area contributed by atoms with E-state index in [-0.39, 0.29) is 12.3 Å². The molecule has 0 aliphatic rings. The zero-order valence-electron chi connectivity index (χ0n) is 19.7. The molecule has 4 aromatic rings. The molecule has 4 rings (SSSR count). The second-order valence-electron chi connectivity index (χ2n) is 7.56. The average molecular weight is 547 g/mol. The molecule has 2 heterocycles. The maximum absolute atomic E-state index is 13.3. The van der Waals surface area contributed by atoms with Crippen molar-refractivity contribution in [1.29, 1.82) is 0 Å². The topological polar surface area (TPSA) is 134 Å². The predicted octanol–water partition coefficient (Wildman–Crippen LogP) is 4.35. The molecule has 0 radical (unpaired) electrons. The van der Waals surface area contributed by atoms with Crippen molar-refractivity contribution in [3.8, 4) is 21.8 Å². The number of esters is 1. The van der Waals surface area contributed by atoms with E-state index in [1.54, 1.807) is 6.20 Å². The number of nitrogens with one attached hydrogen (secondary N) is 2. The van der Waals surface area contributed by atoms with Crippen molar-refractivity contribution in [2.24, 2.45) is 0 Å². The minimum absolute atomic E-state index is 0.240. The van der Waals surface area contributed by atoms with Gasteiger partial charge in [0.1, 0.15) is 15.9 Å². The quantitative estimate of drug-likeness (QED) is 0.294. The van der Waals surface area contributed by atoms with E-state index in [1.165, 1.54) is 24.8 Å². The van der Waals surface area contributed by atoms with Gasteiger partial charge in [-0.25, -0.2) is 19.6 Å². The fourth-order valence-corrected chi connectivity index (χ4v) is 4.14. The smallest absolute Gasteiger partial charge is 0.475 e. The summed E-state index contributed by atoms with van der Waals surface area (Å²) in [4.78, 5) is 46.5. The molecule has 0 saturated carbocycles. The molecule has 1 atom stereocenters. The van der Waals surface area contributed by atoms with Crippen molar-refractivity contribution in [1.82, 2.24) is 20.3 Å². The Morgan fingerprint density at radius 3 is 2.13 bits per heavy atom. The van der Waals surface area contributed by atoms with Crippen LogP contribution in [0.3, 0.4) is 0 Å². The van der Waals surface area contributed by atoms with Crippen LogP contribution in [-0.4, -0.2) is 57.2 Å². The standard InChI is InChI=1S/C23H20N4O3S.C2HF3O2/c1-30-23(29)18(12-17-13-24-14-25-17)26-21(28)20-19(15-8-4-2-5-9-15)27-22(31-20)16-10-6-3-7-11-16;3-2(4,5)1(6)7/h2-11,13-14,18H,12H2,1H3,(H,24,25)(H,26,28);(H,6,7)/t18-;/m0./s1. The number of hydrogen-bond donors (Lipinski definition) is 3. The van der Waals surface area contributed by atoms with Crippen LogP contribution in [0.15, 0.2) is 73.2 Å². The normalized spacial score (nSPS) is 11.6. The van der Waals surface area contributed by atoms with Crippen molar-refractivity contribution >= 4 is 29.2 Å². The fraction of sp³-hybridized carbons (Fsp3) is 0.160. The van der Waals surface area contributed by atoms with Gasteiger partial charge in [-0.05, 0) is 0 Å². The summed E-state index contributed by atoms with van der Waals surface area (Å²) in [5.74, 6) is -3.67. The third kappa shape index (κ3) is 7.49. The molecular weight excluding hydrogens is 525 g/mol. The van der Waals surface area contributed by atoms with E-state index in [1.807, 2.05) is 60.7 Å². The number of aromatic amines is 1. The summed E-state index contributed by atoms with van der Waals surface area (Å²) < 4.78 is 36.6. The molecule has 0 bridgehead atoms. The Labute approximate surface area is 218 Å². The lowest BCUT2D eigenvalue weighted by Crippen LogP contribution is -2.43. The number of thiazole rings is 1. The van der Waals surface area contributed by atoms with Gasteiger partial charge < -0.3 is 20.1 Å². The molecule has 9 nitrogen and oxygen atoms in total. The number of alkyl halides is 3. The molecule has 3 N–H and O–H groups in total. The number of hydrogen-bond acceptors (Lipinski definition) is 7. The van der Waals surface area contributed by atoms with Gasteiger partial charge in [0, 0.05) is 29.4 Å². The second-order valence-corrected chi connectivity index (χ2v) is 8.56. The van der Waals surface area contributed by atoms with Crippen molar-refractivity contribution in [2.75, 3.05) is 7.11 Å². The summed E-state index contributed by atoms with van der Waals surface area (Å²) in [7, 11) is 1.30. The number of H-pyrrole nitrogens is 1. The van der Waals surface area contributed by atoms with Crippen LogP contribution in [0, 0.1) is 0 Å². The summed E-state index contributed by atoms with van der Waals surface area (Å²) in [6, 6.07) is 18.3. The predicted molar refractivity (Wildman–Crippen MR) is 132 cm³/mol. The summed E-state index contributed by atoms with van der Waals surface area (Å²) in [6.07, 6.45) is -1.71. The number of aromatic nitrogens is 3. The number of benzene rings is 2. The number of carboxylic acids is 1. The molecular formula is C25H21F3N4O5S. The van der Waals surface area contributed by atoms with E-state index in [4.69, 9.17) is 19.6 Å². The number of halogens is 3. The maximum Gasteiger partial charge on any atom is 0.490 e. The first-order valence-corrected chi connectivity index (χ1v) is 11.7. The molecule has 0 unspecified atom stereocenters. The molecule has 2 aromatic heterocycles. The summed E-state index contributed by atoms with van der Waals surface area (Å²) in [5.41, 5.74) is 3.04. The molecule has 0 fully saturated rings. The first-order chi connectivity index (χ1) is 18.1. The van der Waals surface area contributed by atoms with Crippen molar-refractivity contribution < 1.29 is 37.4 Å². The number of carbonyl (C=O) groups excluding carboxylic acids is 2. The van der Waals surface area contributed by atoms with Gasteiger partial charge in [-0.1, -0.05) is 60.7 Å². The van der Waals surface area contributed by atoms with Crippen LogP contribution < -0.4 is 5.32 Å². The maximum atomic E-state index is 13.3. The van der Waals surface area contributed by atoms with E-state index >= 15 is 0 Å². The SMILES string of the molecule is COC(=O)[C@H](Cc1cnc[nH]1)NC(=O)c1sc(-c2ccccc2)nc1-c1ccccc1.O=C(O)C(F)(F)F. The summed E-state index contributed by atoms with van der Waals surface area (Å²) in [5, 5.41) is 10.7. The zero-order valence-corrected chi connectivity index (χ0v) is 20.5. The molecule has 1 amide bonds. The van der Waals surface area contributed by atoms with Gasteiger partial charge >= 0.3 is 18.1 Å². The minimum atomic E-state index is -5.08. The summed E-state index contributed by atoms with van der Waals surface area (Å²) in [6.45, 7) is 0. The van der Waals surface area contributed by atoms with Gasteiger partial charge in [0.25, 0.3) is 5.91 Å². The highest BCUT2D eigenvalue weighted by Gasteiger charge is 2.38. The van der Waals surface area contributed by atoms with Crippen LogP contribution in [-0.2, 0) is 20.7 Å². The lowest BCUT2D eigenvalue weighted by atomic mass is 10.1. The fourth-order valence-electron chi connectivity index (χ4n) is 3.15. The Hall–Kier alpha value is -4.52. The van der Waals surface area contributed by atoms with Crippen LogP contribution in [0.5, 0.6) is 0 Å². The first-order valence-electron chi connectivity index (χ1n) is 10.9. The number of amides is 1. The number of carbonyl (C=O) groups is 3. The Morgan fingerprint density at radius 2 is 1.63 bits per heavy atom. The number of nitrogens with zero attached hydrogens (tertiary/aromatic N) is 2. The van der Waals surface area contributed by atoms with Gasteiger partial charge in [0.2, 0.25) is 0 Å². The third-order valence-electron chi connectivity index (χ3n) is 4.91. The number of imidazole rings is 1. The number of carboxylic acid groups (broad SMARTS) is 1. The molecule has 38 heavy (non-hydrogen) atoms. The number of aliphatic carboxylic acids is 1. The Morgan fingerprint density at radius 1 is 1.05 bits per heavy atom. The third-order valence-corrected chi connectivity index (χ3v) is 6.02. The lowest BCUT2D eigenvalue weighted by Gasteiger charge is -2.15. The highest BCUT2D eigenvalue weighted by atomic mass is 32.1. The highest BCUT2D eigenvalue weighted by Crippen LogP contribution is 2.34. The molecule has 0 aliphatic heterocycles. The van der Waals surface area contributed by atoms with E-state index < -0.39 is 24.2 Å². The number of rotatable bonds is 7. The van der Waals surface area contributed by atoms with Crippen molar-refractivity contribution in [3.63, 3.8) is 0 Å². The van der Waals surface area contributed by atoms with Gasteiger partial charge in [-0.3, -0.25) is 4.79 Å². The molecule has 0 aliphatic carbocycles. The van der Waals surface area contributed by atoms with E-state index in [2.05, 4.69) is 15.3 Å². The minimum Gasteiger partial charge on any atom is -0.475 e. The van der Waals surface area contributed by atoms with Crippen LogP contribution in [0.4, 0.5) is 13.2 Å². The number of methoxy groups -OCH3 is 1. The second kappa shape index (κ2) is 12.6. The largest absolute Gasteiger partial charge is 0.490 e. The van der Waals surface area contributed by atoms with Crippen LogP contribution in [0.25, 0.3) is 21.8 Å². The van der Waals surface area contributed by atoms with Crippen molar-refractivity contribution in [3.05, 3.63) is 83.8 Å². The lowest BCUT2D eigenvalue weighted by molar-refractivity contribution is -0.192. The average Bonchev–Trinajstić information content (AvgIpc) is 3.59. The first kappa shape index (κ1) is 28.1. The molecule has 0 saturated heterocycles.